The van der Waals surface area contributed by atoms with Crippen molar-refractivity contribution in [2.45, 2.75) is 12.1 Å². The highest BCUT2D eigenvalue weighted by Gasteiger charge is 2.23. The summed E-state index contributed by atoms with van der Waals surface area (Å²) in [5, 5.41) is 28.8. The summed E-state index contributed by atoms with van der Waals surface area (Å²) in [6, 6.07) is 0. The van der Waals surface area contributed by atoms with Crippen LogP contribution in [-0.4, -0.2) is 59.5 Å². The lowest BCUT2D eigenvalue weighted by Crippen LogP contribution is -2.52. The van der Waals surface area contributed by atoms with E-state index in [0.717, 1.165) is 0 Å². The van der Waals surface area contributed by atoms with Gasteiger partial charge in [0.2, 0.25) is 0 Å². The first-order valence-corrected chi connectivity index (χ1v) is 5.58. The van der Waals surface area contributed by atoms with Crippen LogP contribution in [0.2, 0.25) is 0 Å². The first-order valence-electron chi connectivity index (χ1n) is 3.97. The lowest BCUT2D eigenvalue weighted by atomic mass is 10.2. The number of aliphatic hydroxyl groups is 3. The Hall–Kier alpha value is -0.250. The Morgan fingerprint density at radius 1 is 1.21 bits per heavy atom. The van der Waals surface area contributed by atoms with Crippen LogP contribution in [0.15, 0.2) is 0 Å². The third-order valence-electron chi connectivity index (χ3n) is 1.56. The molecule has 8 heteroatoms. The van der Waals surface area contributed by atoms with Crippen LogP contribution in [0.3, 0.4) is 0 Å². The molecule has 0 aromatic carbocycles. The number of hydrogen-bond acceptors (Lipinski definition) is 6. The van der Waals surface area contributed by atoms with Gasteiger partial charge in [0.1, 0.15) is 0 Å². The van der Waals surface area contributed by atoms with Gasteiger partial charge in [0.05, 0.1) is 19.0 Å². The predicted octanol–water partition coefficient (Wildman–Crippen LogP) is -2.47. The maximum Gasteiger partial charge on any atom is 0.264 e. The second kappa shape index (κ2) is 5.59. The summed E-state index contributed by atoms with van der Waals surface area (Å²) < 4.78 is 28.9. The van der Waals surface area contributed by atoms with Crippen molar-refractivity contribution in [2.24, 2.45) is 0 Å². The Bertz CT molecular complexity index is 247. The Kier molecular flexibility index (Phi) is 5.49. The molecule has 0 radical (unpaired) electrons. The van der Waals surface area contributed by atoms with E-state index >= 15 is 0 Å². The van der Waals surface area contributed by atoms with Crippen LogP contribution in [0.1, 0.15) is 6.42 Å². The summed E-state index contributed by atoms with van der Waals surface area (Å²) >= 11 is 0. The van der Waals surface area contributed by atoms with E-state index in [-0.39, 0.29) is 13.0 Å². The van der Waals surface area contributed by atoms with E-state index in [2.05, 4.69) is 5.32 Å². The molecule has 0 spiro atoms. The molecule has 14 heavy (non-hydrogen) atoms. The van der Waals surface area contributed by atoms with Crippen LogP contribution >= 0.6 is 0 Å². The maximum absolute atomic E-state index is 10.3. The molecule has 0 saturated heterocycles. The molecule has 0 aromatic rings. The van der Waals surface area contributed by atoms with Crippen LogP contribution in [0.25, 0.3) is 0 Å². The van der Waals surface area contributed by atoms with E-state index in [4.69, 9.17) is 14.8 Å². The molecule has 0 bridgehead atoms. The molecule has 0 saturated carbocycles. The highest BCUT2D eigenvalue weighted by Crippen LogP contribution is 1.97. The smallest absolute Gasteiger partial charge is 0.264 e. The molecule has 0 atom stereocenters. The molecule has 0 rings (SSSR count). The van der Waals surface area contributed by atoms with Gasteiger partial charge in [-0.2, -0.15) is 8.42 Å². The molecule has 7 nitrogen and oxygen atoms in total. The summed E-state index contributed by atoms with van der Waals surface area (Å²) in [5.74, 6) is -0.438. The highest BCUT2D eigenvalue weighted by atomic mass is 32.2. The van der Waals surface area contributed by atoms with Crippen LogP contribution < -0.4 is 5.32 Å². The zero-order valence-corrected chi connectivity index (χ0v) is 8.37. The topological polar surface area (TPSA) is 127 Å². The largest absolute Gasteiger partial charge is 0.392 e. The molecule has 86 valence electrons. The molecule has 0 aliphatic heterocycles. The third kappa shape index (κ3) is 6.24. The Morgan fingerprint density at radius 2 is 1.71 bits per heavy atom. The average molecular weight is 229 g/mol. The van der Waals surface area contributed by atoms with Crippen molar-refractivity contribution < 1.29 is 28.3 Å². The number of aliphatic hydroxyl groups excluding tert-OH is 2. The van der Waals surface area contributed by atoms with Gasteiger partial charge >= 0.3 is 0 Å². The first-order chi connectivity index (χ1) is 6.33. The number of hydrogen-bond donors (Lipinski definition) is 5. The third-order valence-corrected chi connectivity index (χ3v) is 2.36. The zero-order chi connectivity index (χ0) is 11.2. The summed E-state index contributed by atoms with van der Waals surface area (Å²) in [6.45, 7) is -1.32. The molecule has 0 unspecified atom stereocenters. The summed E-state index contributed by atoms with van der Waals surface area (Å²) in [4.78, 5) is 0. The lowest BCUT2D eigenvalue weighted by molar-refractivity contribution is -0.0790. The van der Waals surface area contributed by atoms with Gasteiger partial charge in [0.15, 0.2) is 5.72 Å². The van der Waals surface area contributed by atoms with Crippen molar-refractivity contribution in [3.05, 3.63) is 0 Å². The van der Waals surface area contributed by atoms with Gasteiger partial charge < -0.3 is 15.3 Å². The SMILES string of the molecule is O=S(=O)(O)CCCNC(O)(CO)CO. The van der Waals surface area contributed by atoms with Gasteiger partial charge in [-0.25, -0.2) is 0 Å². The lowest BCUT2D eigenvalue weighted by Gasteiger charge is -2.24. The van der Waals surface area contributed by atoms with Gasteiger partial charge in [-0.1, -0.05) is 0 Å². The molecule has 0 amide bonds. The second-order valence-electron chi connectivity index (χ2n) is 2.91. The van der Waals surface area contributed by atoms with Crippen LogP contribution in [0.5, 0.6) is 0 Å². The van der Waals surface area contributed by atoms with E-state index in [0.29, 0.717) is 0 Å². The van der Waals surface area contributed by atoms with Gasteiger partial charge in [-0.05, 0) is 13.0 Å². The van der Waals surface area contributed by atoms with Crippen LogP contribution in [-0.2, 0) is 10.1 Å². The predicted molar refractivity (Wildman–Crippen MR) is 48.2 cm³/mol. The van der Waals surface area contributed by atoms with Gasteiger partial charge in [-0.3, -0.25) is 9.87 Å². The fraction of sp³-hybridized carbons (Fsp3) is 1.00. The van der Waals surface area contributed by atoms with Gasteiger partial charge in [-0.15, -0.1) is 0 Å². The molecule has 5 N–H and O–H groups in total. The van der Waals surface area contributed by atoms with Gasteiger partial charge in [0, 0.05) is 0 Å². The Morgan fingerprint density at radius 3 is 2.07 bits per heavy atom. The Labute approximate surface area is 82.1 Å². The first kappa shape index (κ1) is 13.8. The minimum absolute atomic E-state index is 0.0530. The molecule has 0 fully saturated rings. The van der Waals surface area contributed by atoms with Crippen LogP contribution in [0.4, 0.5) is 0 Å². The normalized spacial score (nSPS) is 13.1. The van der Waals surface area contributed by atoms with E-state index in [1.807, 2.05) is 0 Å². The standard InChI is InChI=1S/C6H15NO6S/c8-4-6(10,5-9)7-2-1-3-14(11,12)13/h7-10H,1-5H2,(H,11,12,13). The molecule has 0 aliphatic rings. The fourth-order valence-electron chi connectivity index (χ4n) is 0.737. The van der Waals surface area contributed by atoms with Crippen molar-refractivity contribution in [1.29, 1.82) is 0 Å². The van der Waals surface area contributed by atoms with Crippen molar-refractivity contribution in [2.75, 3.05) is 25.5 Å². The summed E-state index contributed by atoms with van der Waals surface area (Å²) in [7, 11) is -4.00. The molecular weight excluding hydrogens is 214 g/mol. The molecule has 0 heterocycles. The van der Waals surface area contributed by atoms with Gasteiger partial charge in [0.25, 0.3) is 10.1 Å². The summed E-state index contributed by atoms with van der Waals surface area (Å²) in [6.07, 6.45) is 0.0706. The van der Waals surface area contributed by atoms with E-state index in [1.54, 1.807) is 0 Å². The van der Waals surface area contributed by atoms with Crippen molar-refractivity contribution in [3.8, 4) is 0 Å². The average Bonchev–Trinajstić information content (AvgIpc) is 2.11. The molecule has 0 aliphatic carbocycles. The van der Waals surface area contributed by atoms with Crippen LogP contribution in [0, 0.1) is 0 Å². The minimum Gasteiger partial charge on any atom is -0.392 e. The zero-order valence-electron chi connectivity index (χ0n) is 7.55. The molecule has 0 aromatic heterocycles. The van der Waals surface area contributed by atoms with E-state index < -0.39 is 34.8 Å². The quantitative estimate of drug-likeness (QED) is 0.186. The highest BCUT2D eigenvalue weighted by molar-refractivity contribution is 7.85. The van der Waals surface area contributed by atoms with Crippen molar-refractivity contribution in [3.63, 3.8) is 0 Å². The maximum atomic E-state index is 10.3. The number of rotatable bonds is 7. The van der Waals surface area contributed by atoms with E-state index in [9.17, 15) is 13.5 Å². The Balaban J connectivity index is 3.74. The van der Waals surface area contributed by atoms with Crippen molar-refractivity contribution in [1.82, 2.24) is 5.32 Å². The van der Waals surface area contributed by atoms with Crippen molar-refractivity contribution >= 4 is 10.1 Å². The van der Waals surface area contributed by atoms with E-state index in [1.165, 1.54) is 0 Å². The second-order valence-corrected chi connectivity index (χ2v) is 4.49. The molecular formula is C6H15NO6S. The fourth-order valence-corrected chi connectivity index (χ4v) is 1.25. The number of nitrogens with one attached hydrogen (secondary N) is 1. The monoisotopic (exact) mass is 229 g/mol. The summed E-state index contributed by atoms with van der Waals surface area (Å²) in [5.41, 5.74) is -1.81. The minimum atomic E-state index is -4.00.